The summed E-state index contributed by atoms with van der Waals surface area (Å²) in [6, 6.07) is 20.1. The summed E-state index contributed by atoms with van der Waals surface area (Å²) in [7, 11) is 0. The Hall–Kier alpha value is -2.07. The van der Waals surface area contributed by atoms with E-state index in [1.807, 2.05) is 24.3 Å². The average Bonchev–Trinajstić information content (AvgIpc) is 2.64. The summed E-state index contributed by atoms with van der Waals surface area (Å²) in [6.07, 6.45) is 0. The van der Waals surface area contributed by atoms with Crippen molar-refractivity contribution in [3.63, 3.8) is 0 Å². The quantitative estimate of drug-likeness (QED) is 0.534. The molecule has 134 valence electrons. The number of nitrogens with one attached hydrogen (secondary N) is 1. The second kappa shape index (κ2) is 9.04. The van der Waals surface area contributed by atoms with E-state index in [1.54, 1.807) is 24.3 Å². The molecule has 0 radical (unpaired) electrons. The van der Waals surface area contributed by atoms with Gasteiger partial charge in [0.2, 0.25) is 0 Å². The first kappa shape index (κ1) is 18.7. The van der Waals surface area contributed by atoms with E-state index in [9.17, 15) is 4.39 Å². The lowest BCUT2D eigenvalue weighted by Crippen LogP contribution is -2.13. The van der Waals surface area contributed by atoms with Crippen molar-refractivity contribution in [2.75, 3.05) is 0 Å². The Morgan fingerprint density at radius 2 is 1.69 bits per heavy atom. The third-order valence-electron chi connectivity index (χ3n) is 3.94. The molecule has 0 aliphatic rings. The van der Waals surface area contributed by atoms with Crippen LogP contribution in [0, 0.1) is 5.82 Å². The largest absolute Gasteiger partial charge is 0.488 e. The van der Waals surface area contributed by atoms with Crippen LogP contribution in [0.2, 0.25) is 10.0 Å². The molecule has 0 bridgehead atoms. The Morgan fingerprint density at radius 1 is 0.885 bits per heavy atom. The van der Waals surface area contributed by atoms with Gasteiger partial charge in [0.15, 0.2) is 0 Å². The molecule has 0 fully saturated rings. The van der Waals surface area contributed by atoms with Gasteiger partial charge in [0.25, 0.3) is 0 Å². The monoisotopic (exact) mass is 389 g/mol. The fourth-order valence-electron chi connectivity index (χ4n) is 2.58. The van der Waals surface area contributed by atoms with Gasteiger partial charge in [-0.15, -0.1) is 0 Å². The highest BCUT2D eigenvalue weighted by molar-refractivity contribution is 6.31. The maximum atomic E-state index is 13.9. The highest BCUT2D eigenvalue weighted by Crippen LogP contribution is 2.26. The lowest BCUT2D eigenvalue weighted by molar-refractivity contribution is 0.296. The van der Waals surface area contributed by atoms with Gasteiger partial charge >= 0.3 is 0 Å². The summed E-state index contributed by atoms with van der Waals surface area (Å²) in [5, 5.41) is 4.34. The van der Waals surface area contributed by atoms with Crippen molar-refractivity contribution in [3.05, 3.63) is 99.3 Å². The van der Waals surface area contributed by atoms with Crippen LogP contribution in [0.1, 0.15) is 16.7 Å². The van der Waals surface area contributed by atoms with Crippen LogP contribution in [-0.2, 0) is 19.7 Å². The predicted octanol–water partition coefficient (Wildman–Crippen LogP) is 6.00. The van der Waals surface area contributed by atoms with Gasteiger partial charge < -0.3 is 10.1 Å². The second-order valence-electron chi connectivity index (χ2n) is 5.83. The molecule has 5 heteroatoms. The molecule has 3 aromatic carbocycles. The van der Waals surface area contributed by atoms with Gasteiger partial charge in [-0.05, 0) is 35.9 Å². The summed E-state index contributed by atoms with van der Waals surface area (Å²) >= 11 is 12.2. The molecule has 0 aliphatic carbocycles. The van der Waals surface area contributed by atoms with E-state index < -0.39 is 0 Å². The maximum absolute atomic E-state index is 13.9. The van der Waals surface area contributed by atoms with E-state index in [-0.39, 0.29) is 12.4 Å². The van der Waals surface area contributed by atoms with Crippen LogP contribution < -0.4 is 10.1 Å². The van der Waals surface area contributed by atoms with Gasteiger partial charge in [0.05, 0.1) is 5.02 Å². The van der Waals surface area contributed by atoms with Gasteiger partial charge in [0, 0.05) is 29.2 Å². The van der Waals surface area contributed by atoms with E-state index in [2.05, 4.69) is 17.4 Å². The van der Waals surface area contributed by atoms with Gasteiger partial charge in [0.1, 0.15) is 18.2 Å². The third kappa shape index (κ3) is 4.98. The predicted molar refractivity (Wildman–Crippen MR) is 104 cm³/mol. The summed E-state index contributed by atoms with van der Waals surface area (Å²) in [6.45, 7) is 1.36. The molecule has 0 spiro atoms. The minimum absolute atomic E-state index is 0.0544. The number of hydrogen-bond donors (Lipinski definition) is 1. The van der Waals surface area contributed by atoms with E-state index in [4.69, 9.17) is 27.9 Å². The molecule has 0 heterocycles. The SMILES string of the molecule is Fc1cccc(Cl)c1COc1ccc(Cl)cc1CNCc1ccccc1. The van der Waals surface area contributed by atoms with E-state index in [0.29, 0.717) is 27.9 Å². The number of ether oxygens (including phenoxy) is 1. The molecule has 0 aromatic heterocycles. The van der Waals surface area contributed by atoms with Crippen molar-refractivity contribution >= 4 is 23.2 Å². The Labute approximate surface area is 162 Å². The zero-order chi connectivity index (χ0) is 18.4. The number of benzene rings is 3. The zero-order valence-corrected chi connectivity index (χ0v) is 15.5. The molecular weight excluding hydrogens is 372 g/mol. The highest BCUT2D eigenvalue weighted by Gasteiger charge is 2.10. The first-order valence-electron chi connectivity index (χ1n) is 8.22. The summed E-state index contributed by atoms with van der Waals surface area (Å²) in [5.41, 5.74) is 2.43. The van der Waals surface area contributed by atoms with E-state index in [1.165, 1.54) is 11.6 Å². The Balaban J connectivity index is 1.67. The first-order valence-corrected chi connectivity index (χ1v) is 8.98. The fraction of sp³-hybridized carbons (Fsp3) is 0.143. The fourth-order valence-corrected chi connectivity index (χ4v) is 3.00. The molecule has 0 aliphatic heterocycles. The Morgan fingerprint density at radius 3 is 2.46 bits per heavy atom. The lowest BCUT2D eigenvalue weighted by Gasteiger charge is -2.14. The molecule has 0 unspecified atom stereocenters. The normalized spacial score (nSPS) is 10.7. The van der Waals surface area contributed by atoms with Crippen LogP contribution in [0.3, 0.4) is 0 Å². The molecule has 26 heavy (non-hydrogen) atoms. The van der Waals surface area contributed by atoms with Crippen molar-refractivity contribution in [3.8, 4) is 5.75 Å². The summed E-state index contributed by atoms with van der Waals surface area (Å²) in [4.78, 5) is 0. The lowest BCUT2D eigenvalue weighted by atomic mass is 10.1. The second-order valence-corrected chi connectivity index (χ2v) is 6.67. The number of halogens is 3. The van der Waals surface area contributed by atoms with Crippen LogP contribution in [0.4, 0.5) is 4.39 Å². The van der Waals surface area contributed by atoms with Gasteiger partial charge in [-0.25, -0.2) is 4.39 Å². The summed E-state index contributed by atoms with van der Waals surface area (Å²) in [5.74, 6) is 0.268. The Bertz CT molecular complexity index is 851. The minimum Gasteiger partial charge on any atom is -0.488 e. The third-order valence-corrected chi connectivity index (χ3v) is 4.53. The summed E-state index contributed by atoms with van der Waals surface area (Å²) < 4.78 is 19.7. The van der Waals surface area contributed by atoms with Crippen LogP contribution in [-0.4, -0.2) is 0 Å². The van der Waals surface area contributed by atoms with Gasteiger partial charge in [-0.2, -0.15) is 0 Å². The van der Waals surface area contributed by atoms with Crippen molar-refractivity contribution in [2.24, 2.45) is 0 Å². The molecule has 0 atom stereocenters. The molecule has 3 rings (SSSR count). The van der Waals surface area contributed by atoms with Gasteiger partial charge in [-0.3, -0.25) is 0 Å². The van der Waals surface area contributed by atoms with Gasteiger partial charge in [-0.1, -0.05) is 59.6 Å². The molecule has 3 aromatic rings. The van der Waals surface area contributed by atoms with Crippen molar-refractivity contribution in [1.82, 2.24) is 5.32 Å². The van der Waals surface area contributed by atoms with Crippen LogP contribution in [0.15, 0.2) is 66.7 Å². The molecule has 1 N–H and O–H groups in total. The van der Waals surface area contributed by atoms with E-state index in [0.717, 1.165) is 12.1 Å². The van der Waals surface area contributed by atoms with Crippen molar-refractivity contribution < 1.29 is 9.13 Å². The standard InChI is InChI=1S/C21H18Cl2FNO/c22-17-9-10-21(26-14-18-19(23)7-4-8-20(18)24)16(11-17)13-25-12-15-5-2-1-3-6-15/h1-11,25H,12-14H2. The van der Waals surface area contributed by atoms with Crippen LogP contribution in [0.5, 0.6) is 5.75 Å². The molecule has 0 amide bonds. The smallest absolute Gasteiger partial charge is 0.131 e. The van der Waals surface area contributed by atoms with E-state index >= 15 is 0 Å². The Kier molecular flexibility index (Phi) is 6.51. The zero-order valence-electron chi connectivity index (χ0n) is 14.0. The topological polar surface area (TPSA) is 21.3 Å². The van der Waals surface area contributed by atoms with Crippen molar-refractivity contribution in [1.29, 1.82) is 0 Å². The van der Waals surface area contributed by atoms with Crippen LogP contribution in [0.25, 0.3) is 0 Å². The number of rotatable bonds is 7. The van der Waals surface area contributed by atoms with Crippen molar-refractivity contribution in [2.45, 2.75) is 19.7 Å². The molecule has 2 nitrogen and oxygen atoms in total. The average molecular weight is 390 g/mol. The molecule has 0 saturated heterocycles. The molecular formula is C21H18Cl2FNO. The minimum atomic E-state index is -0.379. The maximum Gasteiger partial charge on any atom is 0.131 e. The highest BCUT2D eigenvalue weighted by atomic mass is 35.5. The first-order chi connectivity index (χ1) is 12.6. The molecule has 0 saturated carbocycles. The number of hydrogen-bond acceptors (Lipinski definition) is 2. The van der Waals surface area contributed by atoms with Crippen LogP contribution >= 0.6 is 23.2 Å².